The molecule has 0 atom stereocenters. The number of ether oxygens (including phenoxy) is 1. The van der Waals surface area contributed by atoms with E-state index in [-0.39, 0.29) is 24.0 Å². The van der Waals surface area contributed by atoms with Gasteiger partial charge in [0, 0.05) is 26.2 Å². The highest BCUT2D eigenvalue weighted by molar-refractivity contribution is 14.0. The average Bonchev–Trinajstić information content (AvgIpc) is 2.52. The van der Waals surface area contributed by atoms with Gasteiger partial charge in [0.2, 0.25) is 0 Å². The van der Waals surface area contributed by atoms with E-state index >= 15 is 0 Å². The summed E-state index contributed by atoms with van der Waals surface area (Å²) in [6.45, 7) is 8.43. The first-order valence-corrected chi connectivity index (χ1v) is 8.00. The van der Waals surface area contributed by atoms with E-state index in [0.717, 1.165) is 51.5 Å². The van der Waals surface area contributed by atoms with Crippen LogP contribution in [-0.4, -0.2) is 32.2 Å². The normalized spacial score (nSPS) is 10.9. The second-order valence-corrected chi connectivity index (χ2v) is 4.93. The van der Waals surface area contributed by atoms with Crippen LogP contribution in [0.4, 0.5) is 0 Å². The molecule has 1 aromatic carbocycles. The smallest absolute Gasteiger partial charge is 0.191 e. The minimum absolute atomic E-state index is 0. The molecule has 126 valence electrons. The van der Waals surface area contributed by atoms with Crippen LogP contribution in [0.15, 0.2) is 35.3 Å². The Morgan fingerprint density at radius 1 is 1.09 bits per heavy atom. The second kappa shape index (κ2) is 15.1. The number of halogens is 1. The van der Waals surface area contributed by atoms with Gasteiger partial charge in [0.25, 0.3) is 0 Å². The molecule has 2 N–H and O–H groups in total. The lowest BCUT2D eigenvalue weighted by atomic mass is 10.2. The number of aliphatic imine (C=N–C) groups is 1. The molecule has 0 aliphatic rings. The number of rotatable bonds is 10. The molecule has 1 rings (SSSR count). The molecule has 0 unspecified atom stereocenters. The van der Waals surface area contributed by atoms with Crippen molar-refractivity contribution in [2.45, 2.75) is 39.7 Å². The van der Waals surface area contributed by atoms with Crippen LogP contribution in [0, 0.1) is 0 Å². The van der Waals surface area contributed by atoms with Gasteiger partial charge in [-0.15, -0.1) is 24.0 Å². The molecule has 0 saturated heterocycles. The van der Waals surface area contributed by atoms with Gasteiger partial charge in [0.05, 0.1) is 6.61 Å². The van der Waals surface area contributed by atoms with Crippen molar-refractivity contribution in [3.8, 4) is 0 Å². The number of hydrogen-bond donors (Lipinski definition) is 2. The van der Waals surface area contributed by atoms with E-state index in [1.54, 1.807) is 0 Å². The van der Waals surface area contributed by atoms with E-state index in [0.29, 0.717) is 6.61 Å². The first kappa shape index (κ1) is 21.2. The lowest BCUT2D eigenvalue weighted by Gasteiger charge is -2.11. The zero-order valence-corrected chi connectivity index (χ0v) is 16.1. The Hall–Kier alpha value is -0.820. The van der Waals surface area contributed by atoms with Crippen molar-refractivity contribution in [3.05, 3.63) is 35.9 Å². The van der Waals surface area contributed by atoms with E-state index in [9.17, 15) is 0 Å². The molecule has 0 radical (unpaired) electrons. The molecule has 4 nitrogen and oxygen atoms in total. The van der Waals surface area contributed by atoms with Gasteiger partial charge < -0.3 is 15.4 Å². The van der Waals surface area contributed by atoms with Crippen molar-refractivity contribution in [2.75, 3.05) is 26.2 Å². The third-order valence-corrected chi connectivity index (χ3v) is 2.96. The molecule has 22 heavy (non-hydrogen) atoms. The molecule has 0 aromatic heterocycles. The number of unbranched alkanes of at least 4 members (excludes halogenated alkanes) is 1. The molecule has 0 amide bonds. The number of nitrogens with one attached hydrogen (secondary N) is 2. The maximum Gasteiger partial charge on any atom is 0.191 e. The minimum Gasteiger partial charge on any atom is -0.377 e. The molecule has 0 fully saturated rings. The fourth-order valence-electron chi connectivity index (χ4n) is 1.87. The first-order valence-electron chi connectivity index (χ1n) is 8.00. The molecule has 0 spiro atoms. The van der Waals surface area contributed by atoms with Crippen LogP contribution < -0.4 is 10.6 Å². The van der Waals surface area contributed by atoms with Crippen LogP contribution in [0.5, 0.6) is 0 Å². The summed E-state index contributed by atoms with van der Waals surface area (Å²) in [5, 5.41) is 6.60. The highest BCUT2D eigenvalue weighted by Gasteiger charge is 1.96. The standard InChI is InChI=1S/C17H29N3O.HI/c1-3-12-19-17(18-4-2)20-13-8-9-14-21-15-16-10-6-5-7-11-16;/h5-7,10-11H,3-4,8-9,12-15H2,1-2H3,(H2,18,19,20);1H. The molecule has 0 aliphatic heterocycles. The Labute approximate surface area is 152 Å². The van der Waals surface area contributed by atoms with E-state index < -0.39 is 0 Å². The Morgan fingerprint density at radius 3 is 2.55 bits per heavy atom. The summed E-state index contributed by atoms with van der Waals surface area (Å²) in [5.74, 6) is 0.921. The zero-order chi connectivity index (χ0) is 15.2. The van der Waals surface area contributed by atoms with Gasteiger partial charge in [-0.1, -0.05) is 37.3 Å². The molecule has 5 heteroatoms. The Balaban J connectivity index is 0.00000441. The molecule has 0 saturated carbocycles. The summed E-state index contributed by atoms with van der Waals surface area (Å²) in [6.07, 6.45) is 3.22. The fraction of sp³-hybridized carbons (Fsp3) is 0.588. The fourth-order valence-corrected chi connectivity index (χ4v) is 1.87. The van der Waals surface area contributed by atoms with Crippen LogP contribution in [0.2, 0.25) is 0 Å². The van der Waals surface area contributed by atoms with Gasteiger partial charge in [-0.05, 0) is 31.7 Å². The quantitative estimate of drug-likeness (QED) is 0.264. The number of nitrogens with zero attached hydrogens (tertiary/aromatic N) is 1. The van der Waals surface area contributed by atoms with E-state index in [2.05, 4.69) is 41.6 Å². The Morgan fingerprint density at radius 2 is 1.86 bits per heavy atom. The lowest BCUT2D eigenvalue weighted by molar-refractivity contribution is 0.117. The summed E-state index contributed by atoms with van der Waals surface area (Å²) in [6, 6.07) is 10.3. The van der Waals surface area contributed by atoms with Gasteiger partial charge in [-0.3, -0.25) is 4.99 Å². The van der Waals surface area contributed by atoms with Crippen LogP contribution in [0.25, 0.3) is 0 Å². The molecular formula is C17H30IN3O. The predicted molar refractivity (Wildman–Crippen MR) is 105 cm³/mol. The van der Waals surface area contributed by atoms with Crippen molar-refractivity contribution < 1.29 is 4.74 Å². The van der Waals surface area contributed by atoms with Crippen LogP contribution in [0.3, 0.4) is 0 Å². The van der Waals surface area contributed by atoms with Crippen molar-refractivity contribution in [1.82, 2.24) is 10.6 Å². The van der Waals surface area contributed by atoms with Crippen LogP contribution in [-0.2, 0) is 11.3 Å². The summed E-state index contributed by atoms with van der Waals surface area (Å²) in [5.41, 5.74) is 1.23. The number of guanidine groups is 1. The van der Waals surface area contributed by atoms with E-state index in [1.165, 1.54) is 5.56 Å². The second-order valence-electron chi connectivity index (χ2n) is 4.93. The summed E-state index contributed by atoms with van der Waals surface area (Å²) in [7, 11) is 0. The lowest BCUT2D eigenvalue weighted by Crippen LogP contribution is -2.37. The summed E-state index contributed by atoms with van der Waals surface area (Å²) in [4.78, 5) is 4.47. The van der Waals surface area contributed by atoms with Crippen molar-refractivity contribution in [2.24, 2.45) is 4.99 Å². The van der Waals surface area contributed by atoms with Gasteiger partial charge >= 0.3 is 0 Å². The molecule has 0 aliphatic carbocycles. The van der Waals surface area contributed by atoms with Gasteiger partial charge in [0.15, 0.2) is 5.96 Å². The number of hydrogen-bond acceptors (Lipinski definition) is 2. The molecule has 0 heterocycles. The van der Waals surface area contributed by atoms with E-state index in [4.69, 9.17) is 4.74 Å². The molecule has 0 bridgehead atoms. The highest BCUT2D eigenvalue weighted by atomic mass is 127. The van der Waals surface area contributed by atoms with Gasteiger partial charge in [-0.25, -0.2) is 0 Å². The third kappa shape index (κ3) is 10.8. The van der Waals surface area contributed by atoms with Crippen molar-refractivity contribution in [3.63, 3.8) is 0 Å². The zero-order valence-electron chi connectivity index (χ0n) is 13.8. The van der Waals surface area contributed by atoms with Crippen molar-refractivity contribution in [1.29, 1.82) is 0 Å². The van der Waals surface area contributed by atoms with Gasteiger partial charge in [-0.2, -0.15) is 0 Å². The Kier molecular flexibility index (Phi) is 14.5. The van der Waals surface area contributed by atoms with Crippen molar-refractivity contribution >= 4 is 29.9 Å². The number of benzene rings is 1. The minimum atomic E-state index is 0. The summed E-state index contributed by atoms with van der Waals surface area (Å²) < 4.78 is 5.67. The van der Waals surface area contributed by atoms with Crippen LogP contribution in [0.1, 0.15) is 38.7 Å². The maximum absolute atomic E-state index is 5.67. The molecule has 1 aromatic rings. The SMILES string of the molecule is CCCN=C(NCC)NCCCCOCc1ccccc1.I. The largest absolute Gasteiger partial charge is 0.377 e. The highest BCUT2D eigenvalue weighted by Crippen LogP contribution is 2.01. The molecular weight excluding hydrogens is 389 g/mol. The first-order chi connectivity index (χ1) is 10.4. The average molecular weight is 419 g/mol. The predicted octanol–water partition coefficient (Wildman–Crippen LogP) is 3.57. The van der Waals surface area contributed by atoms with Crippen LogP contribution >= 0.6 is 24.0 Å². The van der Waals surface area contributed by atoms with Gasteiger partial charge in [0.1, 0.15) is 0 Å². The maximum atomic E-state index is 5.67. The third-order valence-electron chi connectivity index (χ3n) is 2.96. The topological polar surface area (TPSA) is 45.7 Å². The monoisotopic (exact) mass is 419 g/mol. The Bertz CT molecular complexity index is 385. The van der Waals surface area contributed by atoms with E-state index in [1.807, 2.05) is 18.2 Å². The summed E-state index contributed by atoms with van der Waals surface area (Å²) >= 11 is 0.